The van der Waals surface area contributed by atoms with Crippen molar-refractivity contribution in [2.24, 2.45) is 11.8 Å². The van der Waals surface area contributed by atoms with Crippen LogP contribution in [0.1, 0.15) is 51.0 Å². The lowest BCUT2D eigenvalue weighted by molar-refractivity contribution is 0.318. The Morgan fingerprint density at radius 3 is 2.24 bits per heavy atom. The molecule has 17 heavy (non-hydrogen) atoms. The quantitative estimate of drug-likeness (QED) is 0.758. The first-order valence-corrected chi connectivity index (χ1v) is 7.03. The molecular formula is C16H24O. The van der Waals surface area contributed by atoms with Crippen LogP contribution in [-0.4, -0.2) is 5.11 Å². The molecule has 94 valence electrons. The zero-order chi connectivity index (χ0) is 12.1. The fraction of sp³-hybridized carbons (Fsp3) is 0.625. The maximum atomic E-state index is 9.28. The molecule has 0 aliphatic heterocycles. The van der Waals surface area contributed by atoms with Crippen molar-refractivity contribution in [3.05, 3.63) is 29.8 Å². The Hall–Kier alpha value is -0.980. The smallest absolute Gasteiger partial charge is 0.115 e. The van der Waals surface area contributed by atoms with Crippen LogP contribution in [0.4, 0.5) is 0 Å². The van der Waals surface area contributed by atoms with Gasteiger partial charge in [0.15, 0.2) is 0 Å². The third-order valence-electron chi connectivity index (χ3n) is 4.20. The molecule has 1 aromatic rings. The van der Waals surface area contributed by atoms with E-state index in [0.717, 1.165) is 18.3 Å². The Labute approximate surface area is 105 Å². The van der Waals surface area contributed by atoms with Crippen molar-refractivity contribution in [2.75, 3.05) is 0 Å². The lowest BCUT2D eigenvalue weighted by Gasteiger charge is -2.22. The molecule has 1 aliphatic rings. The van der Waals surface area contributed by atoms with Gasteiger partial charge in [-0.05, 0) is 36.0 Å². The summed E-state index contributed by atoms with van der Waals surface area (Å²) < 4.78 is 0. The first-order chi connectivity index (χ1) is 8.25. The average Bonchev–Trinajstić information content (AvgIpc) is 2.61. The van der Waals surface area contributed by atoms with E-state index in [-0.39, 0.29) is 0 Å². The SMILES string of the molecule is CC(Cc1ccc(O)cc1)C1CCCCCC1. The van der Waals surface area contributed by atoms with Gasteiger partial charge in [0.05, 0.1) is 0 Å². The molecule has 0 saturated heterocycles. The summed E-state index contributed by atoms with van der Waals surface area (Å²) in [5.41, 5.74) is 1.36. The van der Waals surface area contributed by atoms with Crippen molar-refractivity contribution in [1.29, 1.82) is 0 Å². The van der Waals surface area contributed by atoms with Crippen LogP contribution in [0.5, 0.6) is 5.75 Å². The molecule has 2 rings (SSSR count). The molecule has 1 aromatic carbocycles. The van der Waals surface area contributed by atoms with Crippen LogP contribution in [0.3, 0.4) is 0 Å². The molecule has 0 spiro atoms. The molecular weight excluding hydrogens is 208 g/mol. The number of phenolic OH excluding ortho intramolecular Hbond substituents is 1. The monoisotopic (exact) mass is 232 g/mol. The second-order valence-corrected chi connectivity index (χ2v) is 5.60. The predicted octanol–water partition coefficient (Wildman–Crippen LogP) is 4.54. The zero-order valence-electron chi connectivity index (χ0n) is 10.9. The van der Waals surface area contributed by atoms with Gasteiger partial charge in [0.1, 0.15) is 5.75 Å². The maximum absolute atomic E-state index is 9.28. The molecule has 1 unspecified atom stereocenters. The van der Waals surface area contributed by atoms with Gasteiger partial charge in [-0.15, -0.1) is 0 Å². The summed E-state index contributed by atoms with van der Waals surface area (Å²) in [7, 11) is 0. The standard InChI is InChI=1S/C16H24O/c1-13(15-6-4-2-3-5-7-15)12-14-8-10-16(17)11-9-14/h8-11,13,15,17H,2-7,12H2,1H3. The zero-order valence-corrected chi connectivity index (χ0v) is 10.9. The molecule has 0 radical (unpaired) electrons. The van der Waals surface area contributed by atoms with E-state index >= 15 is 0 Å². The highest BCUT2D eigenvalue weighted by Crippen LogP contribution is 2.30. The Morgan fingerprint density at radius 1 is 1.06 bits per heavy atom. The van der Waals surface area contributed by atoms with E-state index in [9.17, 15) is 5.11 Å². The van der Waals surface area contributed by atoms with Crippen molar-refractivity contribution in [1.82, 2.24) is 0 Å². The van der Waals surface area contributed by atoms with Gasteiger partial charge in [-0.3, -0.25) is 0 Å². The van der Waals surface area contributed by atoms with Crippen LogP contribution in [0.15, 0.2) is 24.3 Å². The third kappa shape index (κ3) is 3.76. The van der Waals surface area contributed by atoms with Crippen molar-refractivity contribution in [3.63, 3.8) is 0 Å². The summed E-state index contributed by atoms with van der Waals surface area (Å²) in [4.78, 5) is 0. The van der Waals surface area contributed by atoms with Crippen LogP contribution in [-0.2, 0) is 6.42 Å². The molecule has 1 heteroatoms. The molecule has 0 amide bonds. The summed E-state index contributed by atoms with van der Waals surface area (Å²) >= 11 is 0. The van der Waals surface area contributed by atoms with Gasteiger partial charge in [-0.1, -0.05) is 57.6 Å². The molecule has 0 bridgehead atoms. The molecule has 1 aliphatic carbocycles. The largest absolute Gasteiger partial charge is 0.508 e. The van der Waals surface area contributed by atoms with Gasteiger partial charge in [0.25, 0.3) is 0 Å². The minimum absolute atomic E-state index is 0.371. The Kier molecular flexibility index (Phi) is 4.47. The second-order valence-electron chi connectivity index (χ2n) is 5.60. The van der Waals surface area contributed by atoms with Gasteiger partial charge in [-0.25, -0.2) is 0 Å². The highest BCUT2D eigenvalue weighted by atomic mass is 16.3. The molecule has 1 saturated carbocycles. The van der Waals surface area contributed by atoms with E-state index in [2.05, 4.69) is 19.1 Å². The van der Waals surface area contributed by atoms with E-state index < -0.39 is 0 Å². The van der Waals surface area contributed by atoms with Crippen molar-refractivity contribution >= 4 is 0 Å². The van der Waals surface area contributed by atoms with Gasteiger partial charge >= 0.3 is 0 Å². The van der Waals surface area contributed by atoms with Gasteiger partial charge in [0.2, 0.25) is 0 Å². The average molecular weight is 232 g/mol. The number of aromatic hydroxyl groups is 1. The maximum Gasteiger partial charge on any atom is 0.115 e. The van der Waals surface area contributed by atoms with E-state index in [0.29, 0.717) is 5.75 Å². The number of hydrogen-bond donors (Lipinski definition) is 1. The van der Waals surface area contributed by atoms with Crippen LogP contribution in [0, 0.1) is 11.8 Å². The summed E-state index contributed by atoms with van der Waals surface area (Å²) in [6.45, 7) is 2.39. The predicted molar refractivity (Wildman–Crippen MR) is 72.2 cm³/mol. The van der Waals surface area contributed by atoms with Crippen LogP contribution < -0.4 is 0 Å². The number of rotatable bonds is 3. The van der Waals surface area contributed by atoms with Crippen molar-refractivity contribution in [3.8, 4) is 5.75 Å². The van der Waals surface area contributed by atoms with Gasteiger partial charge in [-0.2, -0.15) is 0 Å². The van der Waals surface area contributed by atoms with Gasteiger partial charge < -0.3 is 5.11 Å². The van der Waals surface area contributed by atoms with Crippen LogP contribution in [0.2, 0.25) is 0 Å². The molecule has 1 atom stereocenters. The number of phenols is 1. The summed E-state index contributed by atoms with van der Waals surface area (Å²) in [6, 6.07) is 7.72. The first kappa shape index (κ1) is 12.5. The fourth-order valence-electron chi connectivity index (χ4n) is 3.05. The first-order valence-electron chi connectivity index (χ1n) is 7.03. The normalized spacial score (nSPS) is 19.8. The fourth-order valence-corrected chi connectivity index (χ4v) is 3.05. The molecule has 1 fully saturated rings. The van der Waals surface area contributed by atoms with E-state index in [1.807, 2.05) is 0 Å². The van der Waals surface area contributed by atoms with Gasteiger partial charge in [0, 0.05) is 0 Å². The van der Waals surface area contributed by atoms with Crippen LogP contribution in [0.25, 0.3) is 0 Å². The lowest BCUT2D eigenvalue weighted by Crippen LogP contribution is -2.13. The summed E-state index contributed by atoms with van der Waals surface area (Å²) in [5.74, 6) is 2.06. The lowest BCUT2D eigenvalue weighted by atomic mass is 9.83. The second kappa shape index (κ2) is 6.09. The Bertz CT molecular complexity index is 320. The number of hydrogen-bond acceptors (Lipinski definition) is 1. The highest BCUT2D eigenvalue weighted by molar-refractivity contribution is 5.26. The highest BCUT2D eigenvalue weighted by Gasteiger charge is 2.19. The Balaban J connectivity index is 1.90. The topological polar surface area (TPSA) is 20.2 Å². The molecule has 1 nitrogen and oxygen atoms in total. The minimum atomic E-state index is 0.371. The third-order valence-corrected chi connectivity index (χ3v) is 4.20. The van der Waals surface area contributed by atoms with E-state index in [1.54, 1.807) is 12.1 Å². The van der Waals surface area contributed by atoms with Crippen molar-refractivity contribution in [2.45, 2.75) is 51.9 Å². The van der Waals surface area contributed by atoms with E-state index in [4.69, 9.17) is 0 Å². The van der Waals surface area contributed by atoms with Crippen LogP contribution >= 0.6 is 0 Å². The van der Waals surface area contributed by atoms with E-state index in [1.165, 1.54) is 44.1 Å². The summed E-state index contributed by atoms with van der Waals surface area (Å²) in [6.07, 6.45) is 9.70. The van der Waals surface area contributed by atoms with Crippen molar-refractivity contribution < 1.29 is 5.11 Å². The Morgan fingerprint density at radius 2 is 1.65 bits per heavy atom. The molecule has 0 heterocycles. The molecule has 1 N–H and O–H groups in total. The summed E-state index contributed by atoms with van der Waals surface area (Å²) in [5, 5.41) is 9.28. The molecule has 0 aromatic heterocycles. The number of benzene rings is 1. The minimum Gasteiger partial charge on any atom is -0.508 e.